The monoisotopic (exact) mass is 232 g/mol. The van der Waals surface area contributed by atoms with Gasteiger partial charge in [0.05, 0.1) is 0 Å². The van der Waals surface area contributed by atoms with Gasteiger partial charge < -0.3 is 5.11 Å². The third-order valence-electron chi connectivity index (χ3n) is 1.00. The highest BCUT2D eigenvalue weighted by molar-refractivity contribution is 8.36. The lowest BCUT2D eigenvalue weighted by atomic mass is 10.4. The third kappa shape index (κ3) is 9.86. The van der Waals surface area contributed by atoms with Crippen LogP contribution in [0.3, 0.4) is 0 Å². The van der Waals surface area contributed by atoms with Gasteiger partial charge in [0.2, 0.25) is 0 Å². The molecule has 1 nitrogen and oxygen atoms in total. The van der Waals surface area contributed by atoms with Crippen LogP contribution in [0.4, 0.5) is 0 Å². The first-order valence-corrected chi connectivity index (χ1v) is 9.91. The summed E-state index contributed by atoms with van der Waals surface area (Å²) in [7, 11) is -1.71. The molecule has 0 atom stereocenters. The van der Waals surface area contributed by atoms with Crippen molar-refractivity contribution in [1.82, 2.24) is 0 Å². The number of hydrogen-bond donors (Lipinski definition) is 1. The second-order valence-corrected chi connectivity index (χ2v) is 12.3. The van der Waals surface area contributed by atoms with Gasteiger partial charge in [-0.25, -0.2) is 0 Å². The SMILES string of the molecule is CS(C)(C)C#CC(O)C#CS(C)(C)C. The van der Waals surface area contributed by atoms with Gasteiger partial charge >= 0.3 is 0 Å². The molecule has 0 spiro atoms. The average Bonchev–Trinajstić information content (AvgIpc) is 1.94. The molecular weight excluding hydrogens is 212 g/mol. The lowest BCUT2D eigenvalue weighted by molar-refractivity contribution is 0.290. The standard InChI is InChI=1S/C11H20OS2/c1-13(2,3)9-7-11(12)8-10-14(4,5)6/h11-12H,1-6H3. The zero-order valence-electron chi connectivity index (χ0n) is 9.84. The molecule has 0 unspecified atom stereocenters. The maximum atomic E-state index is 9.46. The predicted octanol–water partition coefficient (Wildman–Crippen LogP) is 1.66. The van der Waals surface area contributed by atoms with Crippen LogP contribution in [0.5, 0.6) is 0 Å². The highest BCUT2D eigenvalue weighted by Gasteiger charge is 2.00. The fourth-order valence-electron chi connectivity index (χ4n) is 0.501. The molecule has 14 heavy (non-hydrogen) atoms. The second kappa shape index (κ2) is 5.03. The molecule has 0 aromatic carbocycles. The molecule has 0 radical (unpaired) electrons. The van der Waals surface area contributed by atoms with Gasteiger partial charge in [-0.05, 0) is 49.4 Å². The molecule has 3 heteroatoms. The van der Waals surface area contributed by atoms with E-state index < -0.39 is 26.2 Å². The number of rotatable bonds is 0. The summed E-state index contributed by atoms with van der Waals surface area (Å²) >= 11 is 0. The van der Waals surface area contributed by atoms with Crippen molar-refractivity contribution < 1.29 is 5.11 Å². The molecule has 0 aliphatic carbocycles. The summed E-state index contributed by atoms with van der Waals surface area (Å²) in [6.45, 7) is 0. The quantitative estimate of drug-likeness (QED) is 0.630. The highest BCUT2D eigenvalue weighted by Crippen LogP contribution is 2.33. The molecule has 0 fully saturated rings. The van der Waals surface area contributed by atoms with E-state index in [1.54, 1.807) is 0 Å². The first-order valence-electron chi connectivity index (χ1n) is 4.19. The Labute approximate surface area is 91.3 Å². The van der Waals surface area contributed by atoms with Crippen molar-refractivity contribution in [2.45, 2.75) is 6.10 Å². The Kier molecular flexibility index (Phi) is 4.95. The molecule has 0 aromatic rings. The van der Waals surface area contributed by atoms with Crippen molar-refractivity contribution in [2.75, 3.05) is 37.5 Å². The van der Waals surface area contributed by atoms with Crippen molar-refractivity contribution in [3.8, 4) is 22.3 Å². The van der Waals surface area contributed by atoms with Crippen LogP contribution in [-0.4, -0.2) is 48.7 Å². The number of aliphatic hydroxyl groups is 1. The van der Waals surface area contributed by atoms with Crippen molar-refractivity contribution in [3.05, 3.63) is 0 Å². The minimum Gasteiger partial charge on any atom is -0.369 e. The van der Waals surface area contributed by atoms with E-state index in [0.29, 0.717) is 0 Å². The van der Waals surface area contributed by atoms with E-state index in [4.69, 9.17) is 0 Å². The molecule has 0 amide bonds. The molecule has 0 heterocycles. The van der Waals surface area contributed by atoms with Gasteiger partial charge in [-0.1, -0.05) is 10.5 Å². The Balaban J connectivity index is 4.42. The van der Waals surface area contributed by atoms with Crippen LogP contribution >= 0.6 is 20.1 Å². The van der Waals surface area contributed by atoms with E-state index in [9.17, 15) is 5.11 Å². The summed E-state index contributed by atoms with van der Waals surface area (Å²) in [5.41, 5.74) is 0. The van der Waals surface area contributed by atoms with Crippen molar-refractivity contribution in [2.24, 2.45) is 0 Å². The lowest BCUT2D eigenvalue weighted by Gasteiger charge is -2.16. The van der Waals surface area contributed by atoms with Crippen LogP contribution in [-0.2, 0) is 0 Å². The molecule has 0 saturated carbocycles. The summed E-state index contributed by atoms with van der Waals surface area (Å²) in [6.07, 6.45) is 11.8. The van der Waals surface area contributed by atoms with Gasteiger partial charge in [0.1, 0.15) is 0 Å². The van der Waals surface area contributed by atoms with Gasteiger partial charge in [-0.3, -0.25) is 0 Å². The molecule has 0 aliphatic heterocycles. The summed E-state index contributed by atoms with van der Waals surface area (Å²) in [5.74, 6) is 5.55. The van der Waals surface area contributed by atoms with E-state index in [1.807, 2.05) is 0 Å². The van der Waals surface area contributed by atoms with E-state index in [0.717, 1.165) is 0 Å². The first-order chi connectivity index (χ1) is 6.10. The molecule has 0 aromatic heterocycles. The topological polar surface area (TPSA) is 20.2 Å². The minimum atomic E-state index is -0.855. The Hall–Kier alpha value is -0.220. The first kappa shape index (κ1) is 13.8. The summed E-state index contributed by atoms with van der Waals surface area (Å²) in [5, 5.41) is 15.6. The van der Waals surface area contributed by atoms with Gasteiger partial charge in [-0.15, -0.1) is 0 Å². The average molecular weight is 232 g/mol. The largest absolute Gasteiger partial charge is 0.369 e. The van der Waals surface area contributed by atoms with Crippen LogP contribution < -0.4 is 0 Å². The Morgan fingerprint density at radius 2 is 1.07 bits per heavy atom. The molecule has 0 bridgehead atoms. The molecule has 0 saturated heterocycles. The Bertz CT molecular complexity index is 267. The van der Waals surface area contributed by atoms with E-state index in [2.05, 4.69) is 59.9 Å². The van der Waals surface area contributed by atoms with Crippen molar-refractivity contribution in [3.63, 3.8) is 0 Å². The highest BCUT2D eigenvalue weighted by atomic mass is 32.3. The second-order valence-electron chi connectivity index (χ2n) is 4.57. The van der Waals surface area contributed by atoms with Crippen LogP contribution in [0.25, 0.3) is 0 Å². The van der Waals surface area contributed by atoms with E-state index >= 15 is 0 Å². The molecule has 82 valence electrons. The molecule has 0 rings (SSSR count). The lowest BCUT2D eigenvalue weighted by Crippen LogP contribution is -2.00. The molecule has 0 aliphatic rings. The molecule has 1 N–H and O–H groups in total. The number of hydrogen-bond acceptors (Lipinski definition) is 1. The van der Waals surface area contributed by atoms with Crippen LogP contribution in [0.1, 0.15) is 0 Å². The van der Waals surface area contributed by atoms with Crippen molar-refractivity contribution >= 4 is 20.1 Å². The van der Waals surface area contributed by atoms with E-state index in [1.165, 1.54) is 0 Å². The van der Waals surface area contributed by atoms with Crippen LogP contribution in [0, 0.1) is 22.3 Å². The fraction of sp³-hybridized carbons (Fsp3) is 0.636. The minimum absolute atomic E-state index is 0.784. The van der Waals surface area contributed by atoms with Crippen LogP contribution in [0.15, 0.2) is 0 Å². The maximum absolute atomic E-state index is 9.46. The fourth-order valence-corrected chi connectivity index (χ4v) is 1.43. The predicted molar refractivity (Wildman–Crippen MR) is 72.3 cm³/mol. The smallest absolute Gasteiger partial charge is 0.178 e. The van der Waals surface area contributed by atoms with Gasteiger partial charge in [-0.2, -0.15) is 20.1 Å². The maximum Gasteiger partial charge on any atom is 0.178 e. The zero-order chi connectivity index (χ0) is 11.4. The van der Waals surface area contributed by atoms with Gasteiger partial charge in [0.25, 0.3) is 0 Å². The zero-order valence-corrected chi connectivity index (χ0v) is 11.5. The normalized spacial score (nSPS) is 13.7. The number of aliphatic hydroxyl groups excluding tert-OH is 1. The van der Waals surface area contributed by atoms with Gasteiger partial charge in [0.15, 0.2) is 6.10 Å². The summed E-state index contributed by atoms with van der Waals surface area (Å²) in [4.78, 5) is 0. The van der Waals surface area contributed by atoms with Crippen molar-refractivity contribution in [1.29, 1.82) is 0 Å². The Morgan fingerprint density at radius 3 is 1.29 bits per heavy atom. The third-order valence-corrected chi connectivity index (χ3v) is 2.46. The van der Waals surface area contributed by atoms with Gasteiger partial charge in [0, 0.05) is 0 Å². The van der Waals surface area contributed by atoms with Crippen LogP contribution in [0.2, 0.25) is 0 Å². The Morgan fingerprint density at radius 1 is 0.786 bits per heavy atom. The van der Waals surface area contributed by atoms with E-state index in [-0.39, 0.29) is 0 Å². The summed E-state index contributed by atoms with van der Waals surface area (Å²) < 4.78 is 0. The summed E-state index contributed by atoms with van der Waals surface area (Å²) in [6, 6.07) is 0. The molecular formula is C11H20OS2.